The molecule has 0 aliphatic carbocycles. The number of carbonyl (C=O) groups is 2. The molecule has 1 aromatic heterocycles. The van der Waals surface area contributed by atoms with Crippen LogP contribution in [0.25, 0.3) is 0 Å². The molecular weight excluding hydrogens is 318 g/mol. The molecule has 2 amide bonds. The van der Waals surface area contributed by atoms with Crippen molar-refractivity contribution in [2.45, 2.75) is 45.6 Å². The van der Waals surface area contributed by atoms with Crippen molar-refractivity contribution in [1.29, 1.82) is 0 Å². The first-order chi connectivity index (χ1) is 10.5. The van der Waals surface area contributed by atoms with Crippen LogP contribution in [0.1, 0.15) is 47.6 Å². The van der Waals surface area contributed by atoms with Gasteiger partial charge in [0.2, 0.25) is 5.91 Å². The van der Waals surface area contributed by atoms with Gasteiger partial charge in [0.05, 0.1) is 5.56 Å². The molecule has 0 spiro atoms. The number of nitrogens with one attached hydrogen (secondary N) is 1. The van der Waals surface area contributed by atoms with Gasteiger partial charge in [-0.15, -0.1) is 12.4 Å². The van der Waals surface area contributed by atoms with Crippen LogP contribution >= 0.6 is 12.4 Å². The summed E-state index contributed by atoms with van der Waals surface area (Å²) < 4.78 is 5.46. The second-order valence-corrected chi connectivity index (χ2v) is 5.82. The fourth-order valence-electron chi connectivity index (χ4n) is 2.93. The highest BCUT2D eigenvalue weighted by atomic mass is 35.5. The first-order valence-electron chi connectivity index (χ1n) is 7.87. The normalized spacial score (nSPS) is 17.5. The van der Waals surface area contributed by atoms with Gasteiger partial charge in [-0.1, -0.05) is 0 Å². The molecule has 0 radical (unpaired) electrons. The number of amides is 2. The van der Waals surface area contributed by atoms with Crippen molar-refractivity contribution in [1.82, 2.24) is 10.2 Å². The fourth-order valence-corrected chi connectivity index (χ4v) is 2.93. The number of carbonyl (C=O) groups excluding carboxylic acids is 2. The summed E-state index contributed by atoms with van der Waals surface area (Å²) >= 11 is 0. The minimum atomic E-state index is -0.0594. The summed E-state index contributed by atoms with van der Waals surface area (Å²) in [6, 6.07) is 1.83. The Labute approximate surface area is 143 Å². The van der Waals surface area contributed by atoms with Crippen molar-refractivity contribution in [2.24, 2.45) is 5.73 Å². The molecule has 1 aliphatic heterocycles. The Morgan fingerprint density at radius 1 is 1.39 bits per heavy atom. The number of halogens is 1. The zero-order valence-corrected chi connectivity index (χ0v) is 14.6. The Hall–Kier alpha value is -1.53. The van der Waals surface area contributed by atoms with Crippen LogP contribution in [-0.2, 0) is 4.79 Å². The predicted molar refractivity (Wildman–Crippen MR) is 90.8 cm³/mol. The van der Waals surface area contributed by atoms with E-state index in [1.54, 1.807) is 6.07 Å². The van der Waals surface area contributed by atoms with E-state index in [0.717, 1.165) is 31.6 Å². The minimum absolute atomic E-state index is 0. The second kappa shape index (κ2) is 8.93. The molecule has 0 saturated carbocycles. The van der Waals surface area contributed by atoms with E-state index < -0.39 is 0 Å². The summed E-state index contributed by atoms with van der Waals surface area (Å²) in [5, 5.41) is 2.87. The molecule has 1 fully saturated rings. The van der Waals surface area contributed by atoms with Crippen LogP contribution < -0.4 is 11.1 Å². The third-order valence-electron chi connectivity index (χ3n) is 4.07. The van der Waals surface area contributed by atoms with Crippen LogP contribution in [0.2, 0.25) is 0 Å². The Morgan fingerprint density at radius 3 is 2.74 bits per heavy atom. The van der Waals surface area contributed by atoms with E-state index in [-0.39, 0.29) is 30.3 Å². The maximum atomic E-state index is 12.7. The molecule has 1 saturated heterocycles. The number of furan rings is 1. The van der Waals surface area contributed by atoms with E-state index in [2.05, 4.69) is 5.32 Å². The number of piperidine rings is 1. The summed E-state index contributed by atoms with van der Waals surface area (Å²) in [5.41, 5.74) is 6.00. The van der Waals surface area contributed by atoms with Gasteiger partial charge in [0.15, 0.2) is 0 Å². The van der Waals surface area contributed by atoms with Crippen molar-refractivity contribution < 1.29 is 14.0 Å². The third-order valence-corrected chi connectivity index (χ3v) is 4.07. The first-order valence-corrected chi connectivity index (χ1v) is 7.87. The molecule has 7 heteroatoms. The Balaban J connectivity index is 0.00000264. The monoisotopic (exact) mass is 343 g/mol. The highest BCUT2D eigenvalue weighted by Crippen LogP contribution is 2.22. The number of aryl methyl sites for hydroxylation is 2. The molecule has 6 nitrogen and oxygen atoms in total. The molecule has 3 N–H and O–H groups in total. The lowest BCUT2D eigenvalue weighted by Crippen LogP contribution is -2.49. The smallest absolute Gasteiger partial charge is 0.257 e. The first kappa shape index (κ1) is 19.5. The van der Waals surface area contributed by atoms with E-state index in [1.807, 2.05) is 18.7 Å². The van der Waals surface area contributed by atoms with Crippen molar-refractivity contribution in [3.63, 3.8) is 0 Å². The van der Waals surface area contributed by atoms with Crippen LogP contribution in [0.3, 0.4) is 0 Å². The van der Waals surface area contributed by atoms with Gasteiger partial charge in [-0.3, -0.25) is 9.59 Å². The van der Waals surface area contributed by atoms with Crippen molar-refractivity contribution in [2.75, 3.05) is 19.6 Å². The summed E-state index contributed by atoms with van der Waals surface area (Å²) in [4.78, 5) is 26.2. The molecule has 1 atom stereocenters. The zero-order chi connectivity index (χ0) is 16.1. The molecule has 0 aromatic carbocycles. The standard InChI is InChI=1S/C16H25N3O3.ClH/c1-11-9-14(12(2)22-11)16(21)19-8-4-3-5-13(19)10-18-15(20)6-7-17;/h9,13H,3-8,10,17H2,1-2H3,(H,18,20);1H. The summed E-state index contributed by atoms with van der Waals surface area (Å²) in [5.74, 6) is 1.33. The van der Waals surface area contributed by atoms with Gasteiger partial charge in [-0.2, -0.15) is 0 Å². The number of nitrogens with two attached hydrogens (primary N) is 1. The Kier molecular flexibility index (Phi) is 7.58. The predicted octanol–water partition coefficient (Wildman–Crippen LogP) is 1.78. The highest BCUT2D eigenvalue weighted by Gasteiger charge is 2.29. The lowest BCUT2D eigenvalue weighted by Gasteiger charge is -2.35. The fraction of sp³-hybridized carbons (Fsp3) is 0.625. The van der Waals surface area contributed by atoms with E-state index in [1.165, 1.54) is 0 Å². The molecule has 1 aromatic rings. The second-order valence-electron chi connectivity index (χ2n) is 5.82. The van der Waals surface area contributed by atoms with Crippen molar-refractivity contribution in [3.05, 3.63) is 23.2 Å². The maximum Gasteiger partial charge on any atom is 0.257 e. The topological polar surface area (TPSA) is 88.6 Å². The van der Waals surface area contributed by atoms with E-state index in [0.29, 0.717) is 30.8 Å². The average molecular weight is 344 g/mol. The summed E-state index contributed by atoms with van der Waals surface area (Å²) in [7, 11) is 0. The molecular formula is C16H26ClN3O3. The zero-order valence-electron chi connectivity index (χ0n) is 13.8. The minimum Gasteiger partial charge on any atom is -0.466 e. The molecule has 130 valence electrons. The van der Waals surface area contributed by atoms with Crippen LogP contribution in [-0.4, -0.2) is 42.4 Å². The van der Waals surface area contributed by atoms with Gasteiger partial charge in [0, 0.05) is 32.1 Å². The van der Waals surface area contributed by atoms with Crippen molar-refractivity contribution >= 4 is 24.2 Å². The number of rotatable bonds is 5. The maximum absolute atomic E-state index is 12.7. The number of hydrogen-bond donors (Lipinski definition) is 2. The largest absolute Gasteiger partial charge is 0.466 e. The van der Waals surface area contributed by atoms with Crippen LogP contribution in [0.4, 0.5) is 0 Å². The van der Waals surface area contributed by atoms with Gasteiger partial charge in [-0.25, -0.2) is 0 Å². The van der Waals surface area contributed by atoms with Crippen LogP contribution in [0.15, 0.2) is 10.5 Å². The van der Waals surface area contributed by atoms with E-state index in [4.69, 9.17) is 10.2 Å². The van der Waals surface area contributed by atoms with Gasteiger partial charge in [-0.05, 0) is 39.2 Å². The Bertz CT molecular complexity index is 545. The van der Waals surface area contributed by atoms with Gasteiger partial charge < -0.3 is 20.4 Å². The Morgan fingerprint density at radius 2 is 2.13 bits per heavy atom. The lowest BCUT2D eigenvalue weighted by atomic mass is 10.0. The van der Waals surface area contributed by atoms with Crippen LogP contribution in [0.5, 0.6) is 0 Å². The lowest BCUT2D eigenvalue weighted by molar-refractivity contribution is -0.121. The molecule has 1 unspecified atom stereocenters. The summed E-state index contributed by atoms with van der Waals surface area (Å²) in [6.45, 7) is 5.19. The van der Waals surface area contributed by atoms with Crippen LogP contribution in [0, 0.1) is 13.8 Å². The summed E-state index contributed by atoms with van der Waals surface area (Å²) in [6.07, 6.45) is 3.30. The number of hydrogen-bond acceptors (Lipinski definition) is 4. The molecule has 23 heavy (non-hydrogen) atoms. The van der Waals surface area contributed by atoms with Crippen molar-refractivity contribution in [3.8, 4) is 0 Å². The van der Waals surface area contributed by atoms with Gasteiger partial charge >= 0.3 is 0 Å². The SMILES string of the molecule is Cc1cc(C(=O)N2CCCCC2CNC(=O)CCN)c(C)o1.Cl. The van der Waals surface area contributed by atoms with E-state index in [9.17, 15) is 9.59 Å². The average Bonchev–Trinajstić information content (AvgIpc) is 2.84. The third kappa shape index (κ3) is 4.97. The number of nitrogens with zero attached hydrogens (tertiary/aromatic N) is 1. The molecule has 2 rings (SSSR count). The highest BCUT2D eigenvalue weighted by molar-refractivity contribution is 5.95. The van der Waals surface area contributed by atoms with Gasteiger partial charge in [0.25, 0.3) is 5.91 Å². The number of likely N-dealkylation sites (tertiary alicyclic amines) is 1. The molecule has 1 aliphatic rings. The molecule has 2 heterocycles. The van der Waals surface area contributed by atoms with E-state index >= 15 is 0 Å². The molecule has 0 bridgehead atoms. The quantitative estimate of drug-likeness (QED) is 0.852. The van der Waals surface area contributed by atoms with Gasteiger partial charge in [0.1, 0.15) is 11.5 Å².